The van der Waals surface area contributed by atoms with Gasteiger partial charge in [0.25, 0.3) is 0 Å². The molecule has 1 unspecified atom stereocenters. The third kappa shape index (κ3) is 3.28. The van der Waals surface area contributed by atoms with Crippen molar-refractivity contribution in [3.63, 3.8) is 0 Å². The van der Waals surface area contributed by atoms with Crippen LogP contribution in [0.25, 0.3) is 0 Å². The first-order valence-corrected chi connectivity index (χ1v) is 12.3. The van der Waals surface area contributed by atoms with Crippen molar-refractivity contribution < 1.29 is 9.59 Å². The summed E-state index contributed by atoms with van der Waals surface area (Å²) in [7, 11) is 0. The molecule has 4 saturated carbocycles. The molecule has 2 N–H and O–H groups in total. The molecule has 0 aromatic rings. The van der Waals surface area contributed by atoms with E-state index in [1.54, 1.807) is 0 Å². The molecule has 0 spiro atoms. The standard InChI is InChI=1S/C26H42N2O2/c1-15(23(30)28-24(2,3)4)17-9-10-18-16-7-8-20-22(27)21(29)12-14-26(20,6)19(16)11-13-25(17,18)5/h15-20,27H,7-14H2,1-6H3,(H,28,30)/t15-,16-,17+,18-,19-,20?,25+,26+/m0/s1. The van der Waals surface area contributed by atoms with E-state index in [2.05, 4.69) is 46.9 Å². The minimum Gasteiger partial charge on any atom is -0.351 e. The molecule has 4 fully saturated rings. The normalized spacial score (nSPS) is 44.7. The van der Waals surface area contributed by atoms with Crippen molar-refractivity contribution in [3.05, 3.63) is 0 Å². The third-order valence-corrected chi connectivity index (χ3v) is 10.00. The molecule has 1 amide bonds. The highest BCUT2D eigenvalue weighted by Gasteiger charge is 2.61. The molecule has 0 aromatic carbocycles. The Morgan fingerprint density at radius 1 is 1.03 bits per heavy atom. The van der Waals surface area contributed by atoms with Crippen molar-refractivity contribution in [2.45, 2.75) is 98.4 Å². The van der Waals surface area contributed by atoms with Crippen molar-refractivity contribution in [1.29, 1.82) is 5.41 Å². The average molecular weight is 415 g/mol. The molecule has 4 heteroatoms. The molecule has 0 heterocycles. The Labute approximate surface area is 182 Å². The number of Topliss-reactive ketones (excluding diaryl/α,β-unsaturated/α-hetero) is 1. The van der Waals surface area contributed by atoms with Gasteiger partial charge in [-0.2, -0.15) is 0 Å². The lowest BCUT2D eigenvalue weighted by molar-refractivity contribution is -0.133. The monoisotopic (exact) mass is 414 g/mol. The maximum atomic E-state index is 13.0. The molecule has 4 rings (SSSR count). The quantitative estimate of drug-likeness (QED) is 0.635. The van der Waals surface area contributed by atoms with Crippen molar-refractivity contribution in [2.75, 3.05) is 0 Å². The summed E-state index contributed by atoms with van der Waals surface area (Å²) in [6.07, 6.45) is 8.53. The number of ketones is 1. The number of carbonyl (C=O) groups excluding carboxylic acids is 2. The Kier molecular flexibility index (Phi) is 5.26. The number of amides is 1. The molecule has 8 atom stereocenters. The molecule has 0 radical (unpaired) electrons. The zero-order valence-electron chi connectivity index (χ0n) is 19.9. The maximum absolute atomic E-state index is 13.0. The highest BCUT2D eigenvalue weighted by Crippen LogP contribution is 2.67. The Morgan fingerprint density at radius 3 is 2.37 bits per heavy atom. The second-order valence-electron chi connectivity index (χ2n) is 12.6. The van der Waals surface area contributed by atoms with Crippen LogP contribution in [0.4, 0.5) is 0 Å². The maximum Gasteiger partial charge on any atom is 0.223 e. The number of rotatable bonds is 2. The van der Waals surface area contributed by atoms with Crippen LogP contribution in [0.3, 0.4) is 0 Å². The second-order valence-corrected chi connectivity index (χ2v) is 12.6. The molecule has 168 valence electrons. The van der Waals surface area contributed by atoms with Crippen LogP contribution in [-0.4, -0.2) is 22.9 Å². The Morgan fingerprint density at radius 2 is 1.70 bits per heavy atom. The lowest BCUT2D eigenvalue weighted by Crippen LogP contribution is -2.56. The summed E-state index contributed by atoms with van der Waals surface area (Å²) in [5.41, 5.74) is 0.615. The van der Waals surface area contributed by atoms with Gasteiger partial charge in [-0.3, -0.25) is 9.59 Å². The van der Waals surface area contributed by atoms with Crippen LogP contribution in [0.15, 0.2) is 0 Å². The number of nitrogens with one attached hydrogen (secondary N) is 2. The van der Waals surface area contributed by atoms with Crippen LogP contribution in [-0.2, 0) is 9.59 Å². The average Bonchev–Trinajstić information content (AvgIpc) is 3.00. The van der Waals surface area contributed by atoms with Crippen LogP contribution in [0.5, 0.6) is 0 Å². The first-order valence-electron chi connectivity index (χ1n) is 12.3. The number of carbonyl (C=O) groups is 2. The summed E-state index contributed by atoms with van der Waals surface area (Å²) in [6.45, 7) is 13.2. The van der Waals surface area contributed by atoms with Crippen LogP contribution in [0, 0.1) is 51.7 Å². The third-order valence-electron chi connectivity index (χ3n) is 10.00. The molecule has 4 aliphatic rings. The first kappa shape index (κ1) is 22.0. The van der Waals surface area contributed by atoms with E-state index < -0.39 is 0 Å². The minimum atomic E-state index is -0.183. The van der Waals surface area contributed by atoms with E-state index in [-0.39, 0.29) is 39.9 Å². The summed E-state index contributed by atoms with van der Waals surface area (Å²) in [5, 5.41) is 11.7. The van der Waals surface area contributed by atoms with Gasteiger partial charge >= 0.3 is 0 Å². The van der Waals surface area contributed by atoms with Crippen LogP contribution in [0.2, 0.25) is 0 Å². The molecule has 4 nitrogen and oxygen atoms in total. The predicted octanol–water partition coefficient (Wildman–Crippen LogP) is 5.39. The smallest absolute Gasteiger partial charge is 0.223 e. The summed E-state index contributed by atoms with van der Waals surface area (Å²) < 4.78 is 0. The zero-order chi connectivity index (χ0) is 22.1. The van der Waals surface area contributed by atoms with E-state index in [1.807, 2.05) is 0 Å². The van der Waals surface area contributed by atoms with Crippen LogP contribution < -0.4 is 5.32 Å². The molecule has 30 heavy (non-hydrogen) atoms. The number of fused-ring (bicyclic) bond motifs is 5. The van der Waals surface area contributed by atoms with E-state index in [4.69, 9.17) is 5.41 Å². The molecular formula is C26H42N2O2. The van der Waals surface area contributed by atoms with Gasteiger partial charge in [0.15, 0.2) is 5.78 Å². The second kappa shape index (κ2) is 7.17. The number of hydrogen-bond acceptors (Lipinski definition) is 3. The fraction of sp³-hybridized carbons (Fsp3) is 0.885. The highest BCUT2D eigenvalue weighted by molar-refractivity contribution is 6.40. The topological polar surface area (TPSA) is 70.0 Å². The van der Waals surface area contributed by atoms with Gasteiger partial charge in [-0.25, -0.2) is 0 Å². The summed E-state index contributed by atoms with van der Waals surface area (Å²) in [4.78, 5) is 25.2. The molecule has 0 aliphatic heterocycles. The Bertz CT molecular complexity index is 753. The first-order chi connectivity index (χ1) is 13.9. The van der Waals surface area contributed by atoms with Crippen molar-refractivity contribution in [2.24, 2.45) is 46.3 Å². The molecule has 0 bridgehead atoms. The lowest BCUT2D eigenvalue weighted by Gasteiger charge is -2.60. The van der Waals surface area contributed by atoms with Gasteiger partial charge in [-0.1, -0.05) is 20.8 Å². The molecule has 0 saturated heterocycles. The summed E-state index contributed by atoms with van der Waals surface area (Å²) in [5.74, 6) is 3.04. The minimum absolute atomic E-state index is 0.0585. The van der Waals surface area contributed by atoms with Gasteiger partial charge in [-0.05, 0) is 100 Å². The molecule has 4 aliphatic carbocycles. The summed E-state index contributed by atoms with van der Waals surface area (Å²) in [6, 6.07) is 0. The fourth-order valence-electron chi connectivity index (χ4n) is 8.53. The lowest BCUT2D eigenvalue weighted by atomic mass is 9.44. The van der Waals surface area contributed by atoms with Gasteiger partial charge in [0.2, 0.25) is 5.91 Å². The Hall–Kier alpha value is -1.19. The van der Waals surface area contributed by atoms with E-state index in [0.717, 1.165) is 25.7 Å². The zero-order valence-corrected chi connectivity index (χ0v) is 19.9. The highest BCUT2D eigenvalue weighted by atomic mass is 16.2. The Balaban J connectivity index is 1.55. The predicted molar refractivity (Wildman–Crippen MR) is 120 cm³/mol. The van der Waals surface area contributed by atoms with Gasteiger partial charge in [-0.15, -0.1) is 0 Å². The van der Waals surface area contributed by atoms with Crippen molar-refractivity contribution in [3.8, 4) is 0 Å². The van der Waals surface area contributed by atoms with E-state index in [1.165, 1.54) is 19.3 Å². The van der Waals surface area contributed by atoms with Crippen LogP contribution in [0.1, 0.15) is 92.9 Å². The fourth-order valence-corrected chi connectivity index (χ4v) is 8.53. The largest absolute Gasteiger partial charge is 0.351 e. The van der Waals surface area contributed by atoms with Crippen molar-refractivity contribution >= 4 is 17.4 Å². The van der Waals surface area contributed by atoms with E-state index >= 15 is 0 Å². The van der Waals surface area contributed by atoms with Gasteiger partial charge in [0.1, 0.15) is 0 Å². The van der Waals surface area contributed by atoms with E-state index in [9.17, 15) is 9.59 Å². The summed E-state index contributed by atoms with van der Waals surface area (Å²) >= 11 is 0. The molecule has 0 aromatic heterocycles. The number of hydrogen-bond donors (Lipinski definition) is 2. The van der Waals surface area contributed by atoms with Gasteiger partial charge in [0.05, 0.1) is 5.71 Å². The van der Waals surface area contributed by atoms with Gasteiger partial charge < -0.3 is 10.7 Å². The van der Waals surface area contributed by atoms with E-state index in [0.29, 0.717) is 35.8 Å². The van der Waals surface area contributed by atoms with Crippen LogP contribution >= 0.6 is 0 Å². The van der Waals surface area contributed by atoms with Gasteiger partial charge in [0, 0.05) is 23.8 Å². The van der Waals surface area contributed by atoms with Crippen molar-refractivity contribution in [1.82, 2.24) is 5.32 Å². The molecular weight excluding hydrogens is 372 g/mol. The SMILES string of the molecule is C[C@H](C(=O)NC(C)(C)C)[C@H]1CC[C@H]2[C@@H]3CCC4C(=N)C(=O)CC[C@]4(C)[C@H]3CC[C@]12C.